The molecule has 0 aliphatic carbocycles. The molecule has 0 bridgehead atoms. The second-order valence-electron chi connectivity index (χ2n) is 6.12. The number of morpholine rings is 1. The molecule has 2 saturated heterocycles. The molecule has 0 spiro atoms. The van der Waals surface area contributed by atoms with Gasteiger partial charge in [-0.25, -0.2) is 0 Å². The zero-order valence-corrected chi connectivity index (χ0v) is 11.8. The topological polar surface area (TPSA) is 35.9 Å². The average molecular weight is 256 g/mol. The Balaban J connectivity index is 1.78. The molecule has 18 heavy (non-hydrogen) atoms. The summed E-state index contributed by atoms with van der Waals surface area (Å²) >= 11 is 0. The van der Waals surface area contributed by atoms with E-state index in [1.807, 2.05) is 0 Å². The molecular weight excluding hydrogens is 228 g/mol. The minimum atomic E-state index is 0.294. The van der Waals surface area contributed by atoms with E-state index in [-0.39, 0.29) is 0 Å². The molecular formula is C14H28N2O2. The van der Waals surface area contributed by atoms with Crippen LogP contribution in [0.1, 0.15) is 26.7 Å². The Morgan fingerprint density at radius 1 is 1.33 bits per heavy atom. The molecule has 0 saturated carbocycles. The van der Waals surface area contributed by atoms with Gasteiger partial charge in [-0.05, 0) is 25.3 Å². The summed E-state index contributed by atoms with van der Waals surface area (Å²) in [5.74, 6) is 0.723. The predicted molar refractivity (Wildman–Crippen MR) is 72.7 cm³/mol. The molecule has 1 unspecified atom stereocenters. The van der Waals surface area contributed by atoms with E-state index >= 15 is 0 Å². The van der Waals surface area contributed by atoms with Crippen molar-refractivity contribution >= 4 is 0 Å². The fraction of sp³-hybridized carbons (Fsp3) is 1.00. The van der Waals surface area contributed by atoms with E-state index in [1.54, 1.807) is 0 Å². The van der Waals surface area contributed by atoms with E-state index in [1.165, 1.54) is 13.0 Å². The second-order valence-corrected chi connectivity index (χ2v) is 6.12. The van der Waals surface area contributed by atoms with Gasteiger partial charge in [0.2, 0.25) is 0 Å². The SMILES string of the molecule is CC(C)CN1CCOC(CN2CCC[C@@H]2CO)C1. The van der Waals surface area contributed by atoms with Crippen LogP contribution in [0.2, 0.25) is 0 Å². The molecule has 2 rings (SSSR count). The monoisotopic (exact) mass is 256 g/mol. The summed E-state index contributed by atoms with van der Waals surface area (Å²) < 4.78 is 5.88. The van der Waals surface area contributed by atoms with E-state index in [2.05, 4.69) is 23.6 Å². The van der Waals surface area contributed by atoms with Gasteiger partial charge in [0.05, 0.1) is 19.3 Å². The highest BCUT2D eigenvalue weighted by Gasteiger charge is 2.29. The summed E-state index contributed by atoms with van der Waals surface area (Å²) in [6, 6.07) is 0.370. The van der Waals surface area contributed by atoms with Crippen molar-refractivity contribution in [2.24, 2.45) is 5.92 Å². The Kier molecular flexibility index (Phi) is 5.42. The predicted octanol–water partition coefficient (Wildman–Crippen LogP) is 0.800. The lowest BCUT2D eigenvalue weighted by atomic mass is 10.1. The van der Waals surface area contributed by atoms with Crippen molar-refractivity contribution in [3.05, 3.63) is 0 Å². The number of aliphatic hydroxyl groups excluding tert-OH is 1. The summed E-state index contributed by atoms with van der Waals surface area (Å²) in [4.78, 5) is 4.92. The van der Waals surface area contributed by atoms with E-state index < -0.39 is 0 Å². The van der Waals surface area contributed by atoms with Gasteiger partial charge in [-0.3, -0.25) is 9.80 Å². The Morgan fingerprint density at radius 3 is 2.89 bits per heavy atom. The normalized spacial score (nSPS) is 31.3. The summed E-state index contributed by atoms with van der Waals surface area (Å²) in [6.07, 6.45) is 2.68. The lowest BCUT2D eigenvalue weighted by Gasteiger charge is -2.36. The maximum absolute atomic E-state index is 9.34. The first-order valence-electron chi connectivity index (χ1n) is 7.38. The van der Waals surface area contributed by atoms with Crippen LogP contribution in [0, 0.1) is 5.92 Å². The second kappa shape index (κ2) is 6.85. The van der Waals surface area contributed by atoms with Crippen molar-refractivity contribution in [3.63, 3.8) is 0 Å². The van der Waals surface area contributed by atoms with Crippen molar-refractivity contribution in [1.29, 1.82) is 0 Å². The van der Waals surface area contributed by atoms with Crippen LogP contribution in [-0.2, 0) is 4.74 Å². The first-order valence-corrected chi connectivity index (χ1v) is 7.38. The molecule has 106 valence electrons. The molecule has 2 atom stereocenters. The van der Waals surface area contributed by atoms with Crippen LogP contribution in [0.4, 0.5) is 0 Å². The molecule has 0 aromatic rings. The number of rotatable bonds is 5. The van der Waals surface area contributed by atoms with Gasteiger partial charge in [-0.2, -0.15) is 0 Å². The summed E-state index contributed by atoms with van der Waals surface area (Å²) in [6.45, 7) is 11.1. The maximum Gasteiger partial charge on any atom is 0.0829 e. The highest BCUT2D eigenvalue weighted by atomic mass is 16.5. The maximum atomic E-state index is 9.34. The summed E-state index contributed by atoms with van der Waals surface area (Å²) in [7, 11) is 0. The molecule has 0 aromatic heterocycles. The Bertz CT molecular complexity index is 248. The van der Waals surface area contributed by atoms with Crippen LogP contribution in [0.25, 0.3) is 0 Å². The number of likely N-dealkylation sites (tertiary alicyclic amines) is 1. The van der Waals surface area contributed by atoms with Crippen LogP contribution < -0.4 is 0 Å². The van der Waals surface area contributed by atoms with Gasteiger partial charge in [0.25, 0.3) is 0 Å². The minimum absolute atomic E-state index is 0.294. The third-order valence-electron chi connectivity index (χ3n) is 3.99. The third kappa shape index (κ3) is 3.92. The Morgan fingerprint density at radius 2 is 2.17 bits per heavy atom. The van der Waals surface area contributed by atoms with Crippen molar-refractivity contribution < 1.29 is 9.84 Å². The third-order valence-corrected chi connectivity index (χ3v) is 3.99. The van der Waals surface area contributed by atoms with Crippen LogP contribution in [0.5, 0.6) is 0 Å². The van der Waals surface area contributed by atoms with Crippen LogP contribution >= 0.6 is 0 Å². The van der Waals surface area contributed by atoms with Crippen LogP contribution in [-0.4, -0.2) is 73.0 Å². The van der Waals surface area contributed by atoms with Crippen molar-refractivity contribution in [2.75, 3.05) is 45.9 Å². The lowest BCUT2D eigenvalue weighted by Crippen LogP contribution is -2.49. The highest BCUT2D eigenvalue weighted by molar-refractivity contribution is 4.83. The quantitative estimate of drug-likeness (QED) is 0.789. The minimum Gasteiger partial charge on any atom is -0.395 e. The van der Waals surface area contributed by atoms with E-state index in [4.69, 9.17) is 4.74 Å². The highest BCUT2D eigenvalue weighted by Crippen LogP contribution is 2.18. The molecule has 1 N–H and O–H groups in total. The van der Waals surface area contributed by atoms with Gasteiger partial charge in [0, 0.05) is 32.2 Å². The Hall–Kier alpha value is -0.160. The van der Waals surface area contributed by atoms with Gasteiger partial charge in [0.1, 0.15) is 0 Å². The fourth-order valence-corrected chi connectivity index (χ4v) is 3.18. The molecule has 0 radical (unpaired) electrons. The summed E-state index contributed by atoms with van der Waals surface area (Å²) in [5, 5.41) is 9.34. The number of hydrogen-bond donors (Lipinski definition) is 1. The number of aliphatic hydroxyl groups is 1. The molecule has 4 heteroatoms. The number of nitrogens with zero attached hydrogens (tertiary/aromatic N) is 2. The zero-order valence-electron chi connectivity index (χ0n) is 11.8. The standard InChI is InChI=1S/C14H28N2O2/c1-12(2)8-15-6-7-18-14(9-15)10-16-5-3-4-13(16)11-17/h12-14,17H,3-11H2,1-2H3/t13-,14?/m1/s1. The molecule has 2 aliphatic heterocycles. The summed E-state index contributed by atoms with van der Waals surface area (Å²) in [5.41, 5.74) is 0. The zero-order chi connectivity index (χ0) is 13.0. The van der Waals surface area contributed by atoms with Gasteiger partial charge in [0.15, 0.2) is 0 Å². The first-order chi connectivity index (χ1) is 8.69. The van der Waals surface area contributed by atoms with Crippen LogP contribution in [0.15, 0.2) is 0 Å². The van der Waals surface area contributed by atoms with Crippen molar-refractivity contribution in [1.82, 2.24) is 9.80 Å². The molecule has 2 fully saturated rings. The molecule has 2 heterocycles. The molecule has 0 aromatic carbocycles. The van der Waals surface area contributed by atoms with Crippen molar-refractivity contribution in [2.45, 2.75) is 38.8 Å². The van der Waals surface area contributed by atoms with E-state index in [9.17, 15) is 5.11 Å². The molecule has 2 aliphatic rings. The van der Waals surface area contributed by atoms with E-state index in [0.29, 0.717) is 18.8 Å². The van der Waals surface area contributed by atoms with E-state index in [0.717, 1.165) is 45.1 Å². The molecule has 0 amide bonds. The average Bonchev–Trinajstić information content (AvgIpc) is 2.76. The van der Waals surface area contributed by atoms with Gasteiger partial charge >= 0.3 is 0 Å². The fourth-order valence-electron chi connectivity index (χ4n) is 3.18. The van der Waals surface area contributed by atoms with Crippen molar-refractivity contribution in [3.8, 4) is 0 Å². The Labute approximate surface area is 111 Å². The lowest BCUT2D eigenvalue weighted by molar-refractivity contribution is -0.0494. The largest absolute Gasteiger partial charge is 0.395 e. The number of ether oxygens (including phenoxy) is 1. The first kappa shape index (κ1) is 14.3. The van der Waals surface area contributed by atoms with Gasteiger partial charge in [-0.1, -0.05) is 13.8 Å². The molecule has 4 nitrogen and oxygen atoms in total. The number of hydrogen-bond acceptors (Lipinski definition) is 4. The van der Waals surface area contributed by atoms with Gasteiger partial charge in [-0.15, -0.1) is 0 Å². The smallest absolute Gasteiger partial charge is 0.0829 e. The van der Waals surface area contributed by atoms with Gasteiger partial charge < -0.3 is 9.84 Å². The van der Waals surface area contributed by atoms with Crippen LogP contribution in [0.3, 0.4) is 0 Å².